The lowest BCUT2D eigenvalue weighted by atomic mass is 10.1. The Balaban J connectivity index is 2.08. The van der Waals surface area contributed by atoms with Gasteiger partial charge < -0.3 is 10.2 Å². The van der Waals surface area contributed by atoms with Gasteiger partial charge in [-0.25, -0.2) is 13.1 Å². The topological polar surface area (TPSA) is 91.1 Å². The van der Waals surface area contributed by atoms with Gasteiger partial charge >= 0.3 is 0 Å². The largest absolute Gasteiger partial charge is 0.469 e. The molecule has 0 saturated carbocycles. The minimum Gasteiger partial charge on any atom is -0.469 e. The predicted octanol–water partition coefficient (Wildman–Crippen LogP) is 1.96. The molecule has 2 aromatic rings. The Morgan fingerprint density at radius 2 is 2.29 bits per heavy atom. The molecule has 1 aliphatic rings. The molecule has 0 radical (unpaired) electrons. The fourth-order valence-electron chi connectivity index (χ4n) is 2.92. The summed E-state index contributed by atoms with van der Waals surface area (Å²) in [5.41, 5.74) is 8.87. The quantitative estimate of drug-likeness (QED) is 0.935. The van der Waals surface area contributed by atoms with Crippen molar-refractivity contribution in [2.24, 2.45) is 0 Å². The maximum Gasteiger partial charge on any atom is 0.152 e. The summed E-state index contributed by atoms with van der Waals surface area (Å²) in [5.74, 6) is 1.67. The lowest BCUT2D eigenvalue weighted by molar-refractivity contribution is 0.507. The first kappa shape index (κ1) is 14.2. The average Bonchev–Trinajstić information content (AvgIpc) is 3.07. The maximum absolute atomic E-state index is 11.7. The highest BCUT2D eigenvalue weighted by atomic mass is 32.2. The van der Waals surface area contributed by atoms with Crippen molar-refractivity contribution in [2.45, 2.75) is 32.7 Å². The highest BCUT2D eigenvalue weighted by Crippen LogP contribution is 2.34. The Kier molecular flexibility index (Phi) is 3.32. The van der Waals surface area contributed by atoms with Crippen molar-refractivity contribution >= 4 is 15.7 Å². The van der Waals surface area contributed by atoms with E-state index in [0.29, 0.717) is 12.2 Å². The van der Waals surface area contributed by atoms with E-state index in [0.717, 1.165) is 29.0 Å². The normalized spacial score (nSPS) is 21.0. The van der Waals surface area contributed by atoms with Crippen LogP contribution in [0.1, 0.15) is 30.7 Å². The summed E-state index contributed by atoms with van der Waals surface area (Å²) >= 11 is 0. The molecule has 1 aliphatic heterocycles. The fraction of sp³-hybridized carbons (Fsp3) is 0.500. The van der Waals surface area contributed by atoms with Crippen LogP contribution in [-0.2, 0) is 16.3 Å². The Morgan fingerprint density at radius 3 is 2.81 bits per heavy atom. The summed E-state index contributed by atoms with van der Waals surface area (Å²) in [5, 5.41) is 4.60. The second-order valence-corrected chi connectivity index (χ2v) is 7.69. The molecule has 21 heavy (non-hydrogen) atoms. The van der Waals surface area contributed by atoms with Gasteiger partial charge in [0.15, 0.2) is 9.84 Å². The summed E-state index contributed by atoms with van der Waals surface area (Å²) in [6.07, 6.45) is 2.94. The van der Waals surface area contributed by atoms with Gasteiger partial charge in [0, 0.05) is 11.1 Å². The van der Waals surface area contributed by atoms with Gasteiger partial charge in [0.1, 0.15) is 17.3 Å². The van der Waals surface area contributed by atoms with E-state index in [1.165, 1.54) is 0 Å². The number of nitrogen functional groups attached to an aromatic ring is 1. The van der Waals surface area contributed by atoms with Gasteiger partial charge in [-0.1, -0.05) is 6.92 Å². The number of hydrogen-bond acceptors (Lipinski definition) is 5. The van der Waals surface area contributed by atoms with Crippen LogP contribution in [0.15, 0.2) is 16.7 Å². The Bertz CT molecular complexity index is 773. The molecule has 0 aromatic carbocycles. The number of furan rings is 1. The van der Waals surface area contributed by atoms with E-state index in [9.17, 15) is 8.42 Å². The van der Waals surface area contributed by atoms with Crippen molar-refractivity contribution in [1.82, 2.24) is 9.78 Å². The molecule has 3 heterocycles. The van der Waals surface area contributed by atoms with E-state index in [4.69, 9.17) is 10.2 Å². The number of rotatable bonds is 3. The van der Waals surface area contributed by atoms with E-state index in [2.05, 4.69) is 5.10 Å². The van der Waals surface area contributed by atoms with Crippen LogP contribution in [0.3, 0.4) is 0 Å². The molecular formula is C14H19N3O3S. The second kappa shape index (κ2) is 4.91. The first-order valence-corrected chi connectivity index (χ1v) is 8.87. The van der Waals surface area contributed by atoms with Gasteiger partial charge in [0.25, 0.3) is 0 Å². The maximum atomic E-state index is 11.7. The number of sulfone groups is 1. The van der Waals surface area contributed by atoms with Crippen LogP contribution in [0, 0.1) is 6.92 Å². The van der Waals surface area contributed by atoms with Crippen LogP contribution in [-0.4, -0.2) is 29.7 Å². The van der Waals surface area contributed by atoms with Gasteiger partial charge in [-0.15, -0.1) is 0 Å². The standard InChI is InChI=1S/C14H19N3O3S/c1-3-11-13(12-4-6-20-9(12)2)16-17(14(11)15)10-5-7-21(18,19)8-10/h4,6,10H,3,5,7-8,15H2,1-2H3. The number of hydrogen-bond donors (Lipinski definition) is 1. The van der Waals surface area contributed by atoms with E-state index in [1.807, 2.05) is 19.9 Å². The first-order valence-electron chi connectivity index (χ1n) is 7.04. The van der Waals surface area contributed by atoms with Crippen molar-refractivity contribution in [1.29, 1.82) is 0 Å². The van der Waals surface area contributed by atoms with E-state index in [-0.39, 0.29) is 17.5 Å². The number of aryl methyl sites for hydroxylation is 1. The monoisotopic (exact) mass is 309 g/mol. The Labute approximate surface area is 123 Å². The average molecular weight is 309 g/mol. The van der Waals surface area contributed by atoms with Crippen LogP contribution in [0.5, 0.6) is 0 Å². The molecule has 0 spiro atoms. The molecule has 2 aromatic heterocycles. The summed E-state index contributed by atoms with van der Waals surface area (Å²) in [6, 6.07) is 1.70. The van der Waals surface area contributed by atoms with Gasteiger partial charge in [-0.2, -0.15) is 5.10 Å². The van der Waals surface area contributed by atoms with Crippen molar-refractivity contribution in [3.05, 3.63) is 23.7 Å². The molecule has 1 unspecified atom stereocenters. The lowest BCUT2D eigenvalue weighted by Gasteiger charge is -2.10. The Hall–Kier alpha value is -1.76. The van der Waals surface area contributed by atoms with Crippen molar-refractivity contribution in [3.8, 4) is 11.3 Å². The molecule has 6 nitrogen and oxygen atoms in total. The second-order valence-electron chi connectivity index (χ2n) is 5.46. The molecule has 1 fully saturated rings. The minimum absolute atomic E-state index is 0.117. The molecule has 1 atom stereocenters. The fourth-order valence-corrected chi connectivity index (χ4v) is 4.62. The van der Waals surface area contributed by atoms with Crippen LogP contribution in [0.25, 0.3) is 11.3 Å². The summed E-state index contributed by atoms with van der Waals surface area (Å²) < 4.78 is 30.4. The van der Waals surface area contributed by atoms with Gasteiger partial charge in [-0.3, -0.25) is 0 Å². The summed E-state index contributed by atoms with van der Waals surface area (Å²) in [6.45, 7) is 3.89. The molecule has 0 aliphatic carbocycles. The van der Waals surface area contributed by atoms with E-state index >= 15 is 0 Å². The molecular weight excluding hydrogens is 290 g/mol. The molecule has 7 heteroatoms. The first-order chi connectivity index (χ1) is 9.93. The number of anilines is 1. The molecule has 1 saturated heterocycles. The minimum atomic E-state index is -2.97. The van der Waals surface area contributed by atoms with Crippen molar-refractivity contribution in [2.75, 3.05) is 17.2 Å². The summed E-state index contributed by atoms with van der Waals surface area (Å²) in [7, 11) is -2.97. The smallest absolute Gasteiger partial charge is 0.152 e. The molecule has 3 rings (SSSR count). The third kappa shape index (κ3) is 2.35. The highest BCUT2D eigenvalue weighted by Gasteiger charge is 2.32. The van der Waals surface area contributed by atoms with Crippen LogP contribution >= 0.6 is 0 Å². The van der Waals surface area contributed by atoms with Crippen LogP contribution in [0.4, 0.5) is 5.82 Å². The molecule has 2 N–H and O–H groups in total. The third-order valence-corrected chi connectivity index (χ3v) is 5.82. The third-order valence-electron chi connectivity index (χ3n) is 4.07. The molecule has 0 bridgehead atoms. The Morgan fingerprint density at radius 1 is 1.52 bits per heavy atom. The number of nitrogens with zero attached hydrogens (tertiary/aromatic N) is 2. The number of nitrogens with two attached hydrogens (primary N) is 1. The van der Waals surface area contributed by atoms with Crippen molar-refractivity contribution < 1.29 is 12.8 Å². The van der Waals surface area contributed by atoms with E-state index in [1.54, 1.807) is 10.9 Å². The number of aromatic nitrogens is 2. The predicted molar refractivity (Wildman–Crippen MR) is 80.8 cm³/mol. The summed E-state index contributed by atoms with van der Waals surface area (Å²) in [4.78, 5) is 0. The van der Waals surface area contributed by atoms with Gasteiger partial charge in [0.2, 0.25) is 0 Å². The SMILES string of the molecule is CCc1c(-c2ccoc2C)nn(C2CCS(=O)(=O)C2)c1N. The zero-order valence-electron chi connectivity index (χ0n) is 12.2. The van der Waals surface area contributed by atoms with E-state index < -0.39 is 9.84 Å². The van der Waals surface area contributed by atoms with Crippen LogP contribution in [0.2, 0.25) is 0 Å². The van der Waals surface area contributed by atoms with Gasteiger partial charge in [-0.05, 0) is 25.8 Å². The molecule has 114 valence electrons. The lowest BCUT2D eigenvalue weighted by Crippen LogP contribution is -2.15. The zero-order chi connectivity index (χ0) is 15.2. The zero-order valence-corrected chi connectivity index (χ0v) is 13.0. The van der Waals surface area contributed by atoms with Crippen LogP contribution < -0.4 is 5.73 Å². The van der Waals surface area contributed by atoms with Crippen molar-refractivity contribution in [3.63, 3.8) is 0 Å². The molecule has 0 amide bonds. The van der Waals surface area contributed by atoms with Gasteiger partial charge in [0.05, 0.1) is 23.8 Å². The highest BCUT2D eigenvalue weighted by molar-refractivity contribution is 7.91.